The number of benzene rings is 2. The van der Waals surface area contributed by atoms with Gasteiger partial charge in [0, 0.05) is 10.0 Å². The van der Waals surface area contributed by atoms with Crippen molar-refractivity contribution in [3.8, 4) is 17.6 Å². The molecule has 2 aromatic carbocycles. The van der Waals surface area contributed by atoms with E-state index in [1.807, 2.05) is 24.3 Å². The highest BCUT2D eigenvalue weighted by molar-refractivity contribution is 9.10. The summed E-state index contributed by atoms with van der Waals surface area (Å²) < 4.78 is 11.9. The van der Waals surface area contributed by atoms with Gasteiger partial charge in [-0.1, -0.05) is 22.0 Å². The van der Waals surface area contributed by atoms with E-state index in [2.05, 4.69) is 22.0 Å². The monoisotopic (exact) mass is 365 g/mol. The lowest BCUT2D eigenvalue weighted by molar-refractivity contribution is 0.302. The maximum atomic E-state index is 8.96. The Labute approximate surface area is 137 Å². The fourth-order valence-electron chi connectivity index (χ4n) is 1.87. The van der Waals surface area contributed by atoms with E-state index >= 15 is 0 Å². The SMILES string of the molecule is COc1cc(COc2ccc(Br)cc2CCl)ccc1C#N. The Morgan fingerprint density at radius 1 is 1.19 bits per heavy atom. The van der Waals surface area contributed by atoms with Crippen molar-refractivity contribution in [2.45, 2.75) is 12.5 Å². The average Bonchev–Trinajstić information content (AvgIpc) is 2.53. The van der Waals surface area contributed by atoms with Crippen molar-refractivity contribution in [3.63, 3.8) is 0 Å². The summed E-state index contributed by atoms with van der Waals surface area (Å²) in [6.07, 6.45) is 0. The number of nitriles is 1. The molecule has 0 saturated carbocycles. The molecule has 0 aliphatic heterocycles. The molecule has 0 aliphatic rings. The lowest BCUT2D eigenvalue weighted by Crippen LogP contribution is -1.99. The number of nitrogens with zero attached hydrogens (tertiary/aromatic N) is 1. The standard InChI is InChI=1S/C16H13BrClNO2/c1-20-16-6-11(2-3-12(16)9-19)10-21-15-5-4-14(17)7-13(15)8-18/h2-7H,8,10H2,1H3. The van der Waals surface area contributed by atoms with E-state index in [9.17, 15) is 0 Å². The first-order valence-electron chi connectivity index (χ1n) is 6.22. The van der Waals surface area contributed by atoms with E-state index < -0.39 is 0 Å². The van der Waals surface area contributed by atoms with Crippen molar-refractivity contribution in [3.05, 3.63) is 57.6 Å². The topological polar surface area (TPSA) is 42.2 Å². The number of hydrogen-bond acceptors (Lipinski definition) is 3. The van der Waals surface area contributed by atoms with Crippen molar-refractivity contribution in [2.24, 2.45) is 0 Å². The Kier molecular flexibility index (Phi) is 5.49. The van der Waals surface area contributed by atoms with Gasteiger partial charge < -0.3 is 9.47 Å². The molecule has 0 spiro atoms. The summed E-state index contributed by atoms with van der Waals surface area (Å²) in [6.45, 7) is 0.383. The first-order valence-corrected chi connectivity index (χ1v) is 7.55. The normalized spacial score (nSPS) is 10.0. The Morgan fingerprint density at radius 3 is 2.67 bits per heavy atom. The largest absolute Gasteiger partial charge is 0.495 e. The van der Waals surface area contributed by atoms with Crippen LogP contribution in [0.2, 0.25) is 0 Å². The van der Waals surface area contributed by atoms with Crippen LogP contribution in [0, 0.1) is 11.3 Å². The van der Waals surface area contributed by atoms with Gasteiger partial charge in [0.2, 0.25) is 0 Å². The second-order valence-electron chi connectivity index (χ2n) is 4.32. The van der Waals surface area contributed by atoms with Crippen molar-refractivity contribution in [1.29, 1.82) is 5.26 Å². The lowest BCUT2D eigenvalue weighted by atomic mass is 10.1. The minimum absolute atomic E-state index is 0.380. The van der Waals surface area contributed by atoms with E-state index in [0.29, 0.717) is 23.8 Å². The minimum atomic E-state index is 0.380. The third-order valence-corrected chi connectivity index (χ3v) is 3.73. The minimum Gasteiger partial charge on any atom is -0.495 e. The van der Waals surface area contributed by atoms with Crippen LogP contribution < -0.4 is 9.47 Å². The van der Waals surface area contributed by atoms with Gasteiger partial charge in [-0.2, -0.15) is 5.26 Å². The van der Waals surface area contributed by atoms with Gasteiger partial charge in [-0.15, -0.1) is 11.6 Å². The Bertz CT molecular complexity index is 682. The van der Waals surface area contributed by atoms with E-state index in [-0.39, 0.29) is 0 Å². The van der Waals surface area contributed by atoms with E-state index in [0.717, 1.165) is 21.3 Å². The molecule has 3 nitrogen and oxygen atoms in total. The molecule has 0 N–H and O–H groups in total. The molecule has 21 heavy (non-hydrogen) atoms. The van der Waals surface area contributed by atoms with Gasteiger partial charge >= 0.3 is 0 Å². The molecule has 0 aromatic heterocycles. The zero-order valence-corrected chi connectivity index (χ0v) is 13.7. The summed E-state index contributed by atoms with van der Waals surface area (Å²) in [5.41, 5.74) is 2.35. The van der Waals surface area contributed by atoms with Gasteiger partial charge in [0.15, 0.2) is 0 Å². The van der Waals surface area contributed by atoms with Crippen LogP contribution in [0.3, 0.4) is 0 Å². The zero-order chi connectivity index (χ0) is 15.2. The maximum absolute atomic E-state index is 8.96. The zero-order valence-electron chi connectivity index (χ0n) is 11.4. The molecule has 2 rings (SSSR count). The quantitative estimate of drug-likeness (QED) is 0.724. The Hall–Kier alpha value is -1.70. The van der Waals surface area contributed by atoms with Gasteiger partial charge in [-0.25, -0.2) is 0 Å². The summed E-state index contributed by atoms with van der Waals surface area (Å²) in [6, 6.07) is 13.2. The van der Waals surface area contributed by atoms with E-state index in [1.165, 1.54) is 0 Å². The molecule has 2 aromatic rings. The van der Waals surface area contributed by atoms with Crippen molar-refractivity contribution >= 4 is 27.5 Å². The van der Waals surface area contributed by atoms with Crippen LogP contribution >= 0.6 is 27.5 Å². The lowest BCUT2D eigenvalue weighted by Gasteiger charge is -2.11. The van der Waals surface area contributed by atoms with Crippen LogP contribution in [0.25, 0.3) is 0 Å². The number of hydrogen-bond donors (Lipinski definition) is 0. The predicted octanol–water partition coefficient (Wildman–Crippen LogP) is 4.65. The third kappa shape index (κ3) is 3.90. The fraction of sp³-hybridized carbons (Fsp3) is 0.188. The molecule has 0 unspecified atom stereocenters. The smallest absolute Gasteiger partial charge is 0.137 e. The molecule has 108 valence electrons. The number of methoxy groups -OCH3 is 1. The predicted molar refractivity (Wildman–Crippen MR) is 85.7 cm³/mol. The van der Waals surface area contributed by atoms with Crippen LogP contribution in [0.4, 0.5) is 0 Å². The van der Waals surface area contributed by atoms with E-state index in [1.54, 1.807) is 19.2 Å². The van der Waals surface area contributed by atoms with Crippen molar-refractivity contribution in [1.82, 2.24) is 0 Å². The molecular weight excluding hydrogens is 354 g/mol. The second kappa shape index (κ2) is 7.35. The average molecular weight is 367 g/mol. The second-order valence-corrected chi connectivity index (χ2v) is 5.50. The highest BCUT2D eigenvalue weighted by Crippen LogP contribution is 2.26. The summed E-state index contributed by atoms with van der Waals surface area (Å²) in [7, 11) is 1.54. The van der Waals surface area contributed by atoms with Gasteiger partial charge in [0.25, 0.3) is 0 Å². The molecule has 0 radical (unpaired) electrons. The molecule has 0 aliphatic carbocycles. The highest BCUT2D eigenvalue weighted by Gasteiger charge is 2.07. The summed E-state index contributed by atoms with van der Waals surface area (Å²) in [5, 5.41) is 8.96. The molecule has 5 heteroatoms. The third-order valence-electron chi connectivity index (χ3n) is 2.95. The fourth-order valence-corrected chi connectivity index (χ4v) is 2.49. The van der Waals surface area contributed by atoms with Crippen molar-refractivity contribution < 1.29 is 9.47 Å². The first-order chi connectivity index (χ1) is 10.2. The first kappa shape index (κ1) is 15.7. The van der Waals surface area contributed by atoms with Crippen molar-refractivity contribution in [2.75, 3.05) is 7.11 Å². The molecule has 0 atom stereocenters. The van der Waals surface area contributed by atoms with Gasteiger partial charge in [0.05, 0.1) is 18.6 Å². The summed E-state index contributed by atoms with van der Waals surface area (Å²) in [5.74, 6) is 1.68. The van der Waals surface area contributed by atoms with E-state index in [4.69, 9.17) is 26.3 Å². The number of halogens is 2. The molecular formula is C16H13BrClNO2. The van der Waals surface area contributed by atoms with Gasteiger partial charge in [-0.3, -0.25) is 0 Å². The number of ether oxygens (including phenoxy) is 2. The van der Waals surface area contributed by atoms with Crippen LogP contribution in [0.5, 0.6) is 11.5 Å². The number of rotatable bonds is 5. The summed E-state index contributed by atoms with van der Waals surface area (Å²) >= 11 is 9.32. The maximum Gasteiger partial charge on any atom is 0.137 e. The number of alkyl halides is 1. The van der Waals surface area contributed by atoms with Crippen LogP contribution in [-0.4, -0.2) is 7.11 Å². The Balaban J connectivity index is 2.15. The Morgan fingerprint density at radius 2 is 2.00 bits per heavy atom. The molecule has 0 saturated heterocycles. The molecule has 0 heterocycles. The molecule has 0 fully saturated rings. The van der Waals surface area contributed by atoms with Crippen LogP contribution in [0.1, 0.15) is 16.7 Å². The van der Waals surface area contributed by atoms with Crippen LogP contribution in [0.15, 0.2) is 40.9 Å². The summed E-state index contributed by atoms with van der Waals surface area (Å²) in [4.78, 5) is 0. The van der Waals surface area contributed by atoms with Gasteiger partial charge in [0.1, 0.15) is 24.2 Å². The highest BCUT2D eigenvalue weighted by atomic mass is 79.9. The van der Waals surface area contributed by atoms with Crippen LogP contribution in [-0.2, 0) is 12.5 Å². The van der Waals surface area contributed by atoms with Gasteiger partial charge in [-0.05, 0) is 35.9 Å². The molecule has 0 bridgehead atoms. The molecule has 0 amide bonds.